The highest BCUT2D eigenvalue weighted by Crippen LogP contribution is 2.30. The zero-order chi connectivity index (χ0) is 20.2. The smallest absolute Gasteiger partial charge is 0.439 e. The minimum atomic E-state index is -0.659. The standard InChI is InChI=1S/C19H18ClFN4O4/c20-13-5-4-11(8-14(13)21)17-12(9-22-6-7-27-17)10-28-16-3-1-2-15(23-16)18-24-19(26)29-25-18/h1-5,8,12,17,22H,6-7,9-10H2,(H,24,25,26)/t12-,17-/m0/s1. The Bertz CT molecular complexity index is 1040. The van der Waals surface area contributed by atoms with Gasteiger partial charge in [0, 0.05) is 25.1 Å². The van der Waals surface area contributed by atoms with Gasteiger partial charge < -0.3 is 14.8 Å². The number of aromatic amines is 1. The summed E-state index contributed by atoms with van der Waals surface area (Å²) in [5.74, 6) is -0.657. The summed E-state index contributed by atoms with van der Waals surface area (Å²) in [6.45, 7) is 2.11. The maximum Gasteiger partial charge on any atom is 0.439 e. The van der Waals surface area contributed by atoms with Crippen LogP contribution in [0.2, 0.25) is 5.02 Å². The van der Waals surface area contributed by atoms with Gasteiger partial charge in [-0.05, 0) is 23.8 Å². The zero-order valence-electron chi connectivity index (χ0n) is 15.2. The Balaban J connectivity index is 1.50. The second kappa shape index (κ2) is 8.73. The highest BCUT2D eigenvalue weighted by atomic mass is 35.5. The molecule has 10 heteroatoms. The Morgan fingerprint density at radius 3 is 3.00 bits per heavy atom. The molecule has 29 heavy (non-hydrogen) atoms. The van der Waals surface area contributed by atoms with Crippen molar-refractivity contribution in [3.63, 3.8) is 0 Å². The molecule has 4 rings (SSSR count). The van der Waals surface area contributed by atoms with Gasteiger partial charge in [-0.25, -0.2) is 14.2 Å². The van der Waals surface area contributed by atoms with Crippen LogP contribution in [0.1, 0.15) is 11.7 Å². The number of rotatable bonds is 5. The number of pyridine rings is 1. The van der Waals surface area contributed by atoms with Gasteiger partial charge in [0.25, 0.3) is 0 Å². The van der Waals surface area contributed by atoms with E-state index in [-0.39, 0.29) is 29.5 Å². The molecule has 0 spiro atoms. The molecule has 1 fully saturated rings. The van der Waals surface area contributed by atoms with Crippen molar-refractivity contribution < 1.29 is 18.4 Å². The number of hydrogen-bond donors (Lipinski definition) is 2. The average Bonchev–Trinajstić information content (AvgIpc) is 3.02. The molecule has 2 atom stereocenters. The molecular weight excluding hydrogens is 403 g/mol. The fourth-order valence-corrected chi connectivity index (χ4v) is 3.27. The molecule has 1 aliphatic rings. The SMILES string of the molecule is O=c1[nH]c(-c2cccc(OC[C@@H]3CNCCO[C@H]3c3ccc(Cl)c(F)c3)n2)no1. The van der Waals surface area contributed by atoms with Crippen LogP contribution in [-0.2, 0) is 4.74 Å². The molecule has 3 aromatic rings. The molecule has 3 heterocycles. The average molecular weight is 421 g/mol. The fourth-order valence-electron chi connectivity index (χ4n) is 3.15. The highest BCUT2D eigenvalue weighted by Gasteiger charge is 2.27. The van der Waals surface area contributed by atoms with Gasteiger partial charge in [0.1, 0.15) is 11.5 Å². The molecule has 0 saturated carbocycles. The van der Waals surface area contributed by atoms with E-state index in [9.17, 15) is 9.18 Å². The summed E-state index contributed by atoms with van der Waals surface area (Å²) in [5.41, 5.74) is 1.12. The van der Waals surface area contributed by atoms with E-state index in [2.05, 4.69) is 25.0 Å². The van der Waals surface area contributed by atoms with Crippen molar-refractivity contribution in [1.29, 1.82) is 0 Å². The topological polar surface area (TPSA) is 102 Å². The van der Waals surface area contributed by atoms with Gasteiger partial charge in [0.2, 0.25) is 11.7 Å². The van der Waals surface area contributed by atoms with Crippen LogP contribution in [0.4, 0.5) is 4.39 Å². The molecule has 0 amide bonds. The van der Waals surface area contributed by atoms with E-state index in [0.717, 1.165) is 0 Å². The summed E-state index contributed by atoms with van der Waals surface area (Å²) in [7, 11) is 0. The molecule has 1 aliphatic heterocycles. The third-order valence-corrected chi connectivity index (χ3v) is 4.84. The van der Waals surface area contributed by atoms with E-state index in [1.165, 1.54) is 12.1 Å². The molecule has 2 N–H and O–H groups in total. The van der Waals surface area contributed by atoms with Gasteiger partial charge in [-0.3, -0.25) is 9.51 Å². The second-order valence-corrected chi connectivity index (χ2v) is 6.95. The minimum Gasteiger partial charge on any atom is -0.477 e. The number of nitrogens with zero attached hydrogens (tertiary/aromatic N) is 2. The molecule has 1 saturated heterocycles. The van der Waals surface area contributed by atoms with Gasteiger partial charge in [-0.1, -0.05) is 28.9 Å². The minimum absolute atomic E-state index is 0.0696. The summed E-state index contributed by atoms with van der Waals surface area (Å²) in [5, 5.41) is 6.98. The van der Waals surface area contributed by atoms with Crippen molar-refractivity contribution in [3.8, 4) is 17.4 Å². The lowest BCUT2D eigenvalue weighted by molar-refractivity contribution is 0.0146. The van der Waals surface area contributed by atoms with Gasteiger partial charge in [0.15, 0.2) is 0 Å². The molecule has 0 aliphatic carbocycles. The first kappa shape index (κ1) is 19.6. The first-order chi connectivity index (χ1) is 14.1. The lowest BCUT2D eigenvalue weighted by atomic mass is 9.96. The maximum atomic E-state index is 13.9. The van der Waals surface area contributed by atoms with Crippen LogP contribution >= 0.6 is 11.6 Å². The lowest BCUT2D eigenvalue weighted by Crippen LogP contribution is -2.29. The third kappa shape index (κ3) is 4.64. The Kier molecular flexibility index (Phi) is 5.89. The third-order valence-electron chi connectivity index (χ3n) is 4.53. The first-order valence-corrected chi connectivity index (χ1v) is 9.41. The highest BCUT2D eigenvalue weighted by molar-refractivity contribution is 6.30. The fraction of sp³-hybridized carbons (Fsp3) is 0.316. The van der Waals surface area contributed by atoms with Crippen molar-refractivity contribution in [3.05, 3.63) is 63.4 Å². The van der Waals surface area contributed by atoms with Crippen LogP contribution in [-0.4, -0.2) is 41.4 Å². The number of H-pyrrole nitrogens is 1. The first-order valence-electron chi connectivity index (χ1n) is 9.03. The van der Waals surface area contributed by atoms with E-state index in [1.807, 2.05) is 0 Å². The summed E-state index contributed by atoms with van der Waals surface area (Å²) in [4.78, 5) is 17.9. The van der Waals surface area contributed by atoms with Crippen molar-refractivity contribution in [2.45, 2.75) is 6.10 Å². The van der Waals surface area contributed by atoms with Crippen molar-refractivity contribution in [2.24, 2.45) is 5.92 Å². The van der Waals surface area contributed by atoms with E-state index in [1.54, 1.807) is 24.3 Å². The Morgan fingerprint density at radius 2 is 2.21 bits per heavy atom. The number of ether oxygens (including phenoxy) is 2. The Hall–Kier alpha value is -2.75. The van der Waals surface area contributed by atoms with Crippen LogP contribution in [0, 0.1) is 11.7 Å². The number of halogens is 2. The number of hydrogen-bond acceptors (Lipinski definition) is 7. The molecule has 0 radical (unpaired) electrons. The Morgan fingerprint density at radius 1 is 1.31 bits per heavy atom. The second-order valence-electron chi connectivity index (χ2n) is 6.54. The van der Waals surface area contributed by atoms with E-state index in [0.29, 0.717) is 36.8 Å². The van der Waals surface area contributed by atoms with Gasteiger partial charge >= 0.3 is 5.76 Å². The van der Waals surface area contributed by atoms with Crippen LogP contribution in [0.3, 0.4) is 0 Å². The van der Waals surface area contributed by atoms with Crippen molar-refractivity contribution in [1.82, 2.24) is 20.4 Å². The summed E-state index contributed by atoms with van der Waals surface area (Å²) in [6.07, 6.45) is -0.355. The maximum absolute atomic E-state index is 13.9. The molecular formula is C19H18ClFN4O4. The number of benzene rings is 1. The zero-order valence-corrected chi connectivity index (χ0v) is 16.0. The summed E-state index contributed by atoms with van der Waals surface area (Å²) in [6, 6.07) is 9.79. The normalized spacial score (nSPS) is 19.7. The van der Waals surface area contributed by atoms with Gasteiger partial charge in [-0.2, -0.15) is 0 Å². The van der Waals surface area contributed by atoms with Crippen molar-refractivity contribution in [2.75, 3.05) is 26.3 Å². The van der Waals surface area contributed by atoms with Crippen LogP contribution in [0.5, 0.6) is 5.88 Å². The Labute approximate surface area is 170 Å². The lowest BCUT2D eigenvalue weighted by Gasteiger charge is -2.25. The molecule has 0 bridgehead atoms. The molecule has 152 valence electrons. The van der Waals surface area contributed by atoms with E-state index in [4.69, 9.17) is 21.1 Å². The summed E-state index contributed by atoms with van der Waals surface area (Å²) < 4.78 is 30.3. The number of aromatic nitrogens is 3. The molecule has 0 unspecified atom stereocenters. The van der Waals surface area contributed by atoms with Crippen LogP contribution < -0.4 is 15.8 Å². The summed E-state index contributed by atoms with van der Waals surface area (Å²) >= 11 is 5.80. The predicted octanol–water partition coefficient (Wildman–Crippen LogP) is 2.57. The molecule has 8 nitrogen and oxygen atoms in total. The quantitative estimate of drug-likeness (QED) is 0.654. The number of nitrogens with one attached hydrogen (secondary N) is 2. The monoisotopic (exact) mass is 420 g/mol. The largest absolute Gasteiger partial charge is 0.477 e. The van der Waals surface area contributed by atoms with Crippen LogP contribution in [0.15, 0.2) is 45.7 Å². The predicted molar refractivity (Wildman–Crippen MR) is 102 cm³/mol. The van der Waals surface area contributed by atoms with Crippen LogP contribution in [0.25, 0.3) is 11.5 Å². The molecule has 2 aromatic heterocycles. The van der Waals surface area contributed by atoms with Crippen molar-refractivity contribution >= 4 is 11.6 Å². The molecule has 1 aromatic carbocycles. The van der Waals surface area contributed by atoms with E-state index >= 15 is 0 Å². The van der Waals surface area contributed by atoms with Gasteiger partial charge in [-0.15, -0.1) is 0 Å². The van der Waals surface area contributed by atoms with E-state index < -0.39 is 11.6 Å². The van der Waals surface area contributed by atoms with Gasteiger partial charge in [0.05, 0.1) is 24.3 Å².